The summed E-state index contributed by atoms with van der Waals surface area (Å²) >= 11 is 5.69. The highest BCUT2D eigenvalue weighted by molar-refractivity contribution is 6.30. The summed E-state index contributed by atoms with van der Waals surface area (Å²) in [7, 11) is 1.07. The van der Waals surface area contributed by atoms with Gasteiger partial charge in [0.1, 0.15) is 6.07 Å². The van der Waals surface area contributed by atoms with Gasteiger partial charge < -0.3 is 10.0 Å². The van der Waals surface area contributed by atoms with Crippen LogP contribution in [0.4, 0.5) is 18.9 Å². The molecule has 0 fully saturated rings. The summed E-state index contributed by atoms with van der Waals surface area (Å²) in [4.78, 5) is 4.33. The first-order valence-corrected chi connectivity index (χ1v) is 6.92. The average molecular weight is 376 g/mol. The van der Waals surface area contributed by atoms with Crippen LogP contribution in [-0.4, -0.2) is 33.8 Å². The van der Waals surface area contributed by atoms with Gasteiger partial charge in [-0.1, -0.05) is 23.7 Å². The number of aromatic nitrogens is 1. The van der Waals surface area contributed by atoms with Gasteiger partial charge >= 0.3 is 6.18 Å². The molecule has 2 aromatic rings. The monoisotopic (exact) mass is 375 g/mol. The predicted molar refractivity (Wildman–Crippen MR) is 84.0 cm³/mol. The molecule has 0 radical (unpaired) electrons. The second-order valence-corrected chi connectivity index (χ2v) is 5.22. The molecular weight excluding hydrogens is 363 g/mol. The van der Waals surface area contributed by atoms with Gasteiger partial charge in [-0.3, -0.25) is 15.5 Å². The van der Waals surface area contributed by atoms with Gasteiger partial charge in [0.2, 0.25) is 0 Å². The second-order valence-electron chi connectivity index (χ2n) is 4.78. The molecule has 134 valence electrons. The van der Waals surface area contributed by atoms with E-state index in [9.17, 15) is 18.3 Å². The van der Waals surface area contributed by atoms with E-state index in [-0.39, 0.29) is 16.3 Å². The van der Waals surface area contributed by atoms with E-state index in [2.05, 4.69) is 4.98 Å². The first kappa shape index (κ1) is 20.7. The Labute approximate surface area is 145 Å². The summed E-state index contributed by atoms with van der Waals surface area (Å²) in [5.74, 6) is 0. The Morgan fingerprint density at radius 3 is 2.20 bits per heavy atom. The Balaban J connectivity index is 0.00000151. The summed E-state index contributed by atoms with van der Waals surface area (Å²) in [6.07, 6.45) is -2.65. The molecule has 0 aliphatic carbocycles. The van der Waals surface area contributed by atoms with Gasteiger partial charge in [0.05, 0.1) is 17.4 Å². The summed E-state index contributed by atoms with van der Waals surface area (Å²) in [6.45, 7) is 0. The Bertz CT molecular complexity index is 750. The molecule has 2 rings (SSSR count). The van der Waals surface area contributed by atoms with Crippen molar-refractivity contribution < 1.29 is 28.8 Å². The van der Waals surface area contributed by atoms with Crippen LogP contribution in [0.25, 0.3) is 0 Å². The summed E-state index contributed by atoms with van der Waals surface area (Å²) in [5, 5.41) is 31.5. The number of anilines is 1. The smallest absolute Gasteiger partial charge is 0.360 e. The average Bonchev–Trinajstić information content (AvgIpc) is 2.61. The van der Waals surface area contributed by atoms with E-state index in [1.807, 2.05) is 0 Å². The van der Waals surface area contributed by atoms with Crippen molar-refractivity contribution in [2.75, 3.05) is 11.9 Å². The third kappa shape index (κ3) is 4.18. The quantitative estimate of drug-likeness (QED) is 0.431. The lowest BCUT2D eigenvalue weighted by atomic mass is 10.00. The summed E-state index contributed by atoms with van der Waals surface area (Å²) in [6, 6.07) is 7.69. The molecule has 0 spiro atoms. The Morgan fingerprint density at radius 1 is 1.16 bits per heavy atom. The molecule has 1 aromatic heterocycles. The van der Waals surface area contributed by atoms with Crippen molar-refractivity contribution in [2.45, 2.75) is 11.9 Å². The van der Waals surface area contributed by atoms with Crippen LogP contribution in [0, 0.1) is 11.3 Å². The number of halogens is 4. The third-order valence-corrected chi connectivity index (χ3v) is 3.62. The first-order valence-electron chi connectivity index (χ1n) is 6.54. The third-order valence-electron chi connectivity index (χ3n) is 3.37. The SMILES string of the molecule is CN(c1cncc(C#N)c1)C(O)(c1ccc(Cl)cc1)C(F)(F)F.OO. The van der Waals surface area contributed by atoms with Gasteiger partial charge in [-0.2, -0.15) is 18.4 Å². The maximum Gasteiger partial charge on any atom is 0.441 e. The molecule has 3 N–H and O–H groups in total. The molecule has 25 heavy (non-hydrogen) atoms. The molecule has 6 nitrogen and oxygen atoms in total. The molecule has 0 saturated heterocycles. The van der Waals surface area contributed by atoms with Gasteiger partial charge in [-0.05, 0) is 18.2 Å². The highest BCUT2D eigenvalue weighted by Gasteiger charge is 2.58. The number of nitriles is 1. The van der Waals surface area contributed by atoms with Crippen LogP contribution < -0.4 is 4.90 Å². The van der Waals surface area contributed by atoms with E-state index < -0.39 is 17.5 Å². The lowest BCUT2D eigenvalue weighted by molar-refractivity contribution is -0.265. The number of rotatable bonds is 3. The number of hydrogen-bond donors (Lipinski definition) is 3. The highest BCUT2D eigenvalue weighted by atomic mass is 35.5. The Morgan fingerprint density at radius 2 is 1.72 bits per heavy atom. The molecule has 1 unspecified atom stereocenters. The number of nitrogens with zero attached hydrogens (tertiary/aromatic N) is 3. The minimum absolute atomic E-state index is 0.0566. The van der Waals surface area contributed by atoms with Crippen molar-refractivity contribution >= 4 is 17.3 Å². The fourth-order valence-corrected chi connectivity index (χ4v) is 2.21. The van der Waals surface area contributed by atoms with Gasteiger partial charge in [0.15, 0.2) is 0 Å². The van der Waals surface area contributed by atoms with E-state index in [0.29, 0.717) is 4.90 Å². The number of hydrogen-bond acceptors (Lipinski definition) is 6. The Kier molecular flexibility index (Phi) is 6.72. The lowest BCUT2D eigenvalue weighted by Gasteiger charge is -2.40. The summed E-state index contributed by atoms with van der Waals surface area (Å²) in [5.41, 5.74) is -3.68. The number of benzene rings is 1. The fraction of sp³-hybridized carbons (Fsp3) is 0.200. The molecule has 0 bridgehead atoms. The number of alkyl halides is 3. The van der Waals surface area contributed by atoms with Crippen molar-refractivity contribution in [1.82, 2.24) is 4.98 Å². The predicted octanol–water partition coefficient (Wildman–Crippen LogP) is 3.47. The molecule has 1 atom stereocenters. The second kappa shape index (κ2) is 8.13. The van der Waals surface area contributed by atoms with Gasteiger partial charge in [-0.15, -0.1) is 0 Å². The van der Waals surface area contributed by atoms with Crippen LogP contribution in [0.1, 0.15) is 11.1 Å². The van der Waals surface area contributed by atoms with E-state index in [1.165, 1.54) is 24.4 Å². The molecule has 1 aromatic carbocycles. The van der Waals surface area contributed by atoms with E-state index in [1.54, 1.807) is 6.07 Å². The zero-order chi connectivity index (χ0) is 19.3. The van der Waals surface area contributed by atoms with Gasteiger partial charge in [0.25, 0.3) is 5.72 Å². The largest absolute Gasteiger partial charge is 0.441 e. The van der Waals surface area contributed by atoms with Crippen molar-refractivity contribution in [1.29, 1.82) is 5.26 Å². The minimum Gasteiger partial charge on any atom is -0.360 e. The molecular formula is C15H13ClF3N3O3. The van der Waals surface area contributed by atoms with Crippen LogP contribution in [0.5, 0.6) is 0 Å². The van der Waals surface area contributed by atoms with E-state index in [4.69, 9.17) is 27.4 Å². The molecule has 10 heteroatoms. The fourth-order valence-electron chi connectivity index (χ4n) is 2.09. The topological polar surface area (TPSA) is 101 Å². The van der Waals surface area contributed by atoms with Crippen LogP contribution in [-0.2, 0) is 5.72 Å². The van der Waals surface area contributed by atoms with Crippen LogP contribution >= 0.6 is 11.6 Å². The zero-order valence-corrected chi connectivity index (χ0v) is 13.5. The lowest BCUT2D eigenvalue weighted by Crippen LogP contribution is -2.55. The van der Waals surface area contributed by atoms with Crippen molar-refractivity contribution in [3.8, 4) is 6.07 Å². The minimum atomic E-state index is -5.00. The summed E-state index contributed by atoms with van der Waals surface area (Å²) < 4.78 is 40.8. The van der Waals surface area contributed by atoms with Crippen molar-refractivity contribution in [2.24, 2.45) is 0 Å². The standard InChI is InChI=1S/C15H11ClF3N3O.H2O2/c1-22(13-6-10(7-20)8-21-9-13)14(23,15(17,18)19)11-2-4-12(16)5-3-11;1-2/h2-6,8-9,23H,1H3;1-2H. The van der Waals surface area contributed by atoms with Crippen LogP contribution in [0.2, 0.25) is 5.02 Å². The van der Waals surface area contributed by atoms with Crippen LogP contribution in [0.15, 0.2) is 42.7 Å². The van der Waals surface area contributed by atoms with Gasteiger partial charge in [0, 0.05) is 23.8 Å². The number of pyridine rings is 1. The Hall–Kier alpha value is -2.38. The maximum absolute atomic E-state index is 13.6. The van der Waals surface area contributed by atoms with Gasteiger partial charge in [-0.25, -0.2) is 0 Å². The maximum atomic E-state index is 13.6. The molecule has 0 amide bonds. The zero-order valence-electron chi connectivity index (χ0n) is 12.7. The number of aliphatic hydroxyl groups is 1. The van der Waals surface area contributed by atoms with E-state index in [0.717, 1.165) is 25.4 Å². The normalized spacial score (nSPS) is 13.1. The van der Waals surface area contributed by atoms with Crippen molar-refractivity contribution in [3.63, 3.8) is 0 Å². The van der Waals surface area contributed by atoms with E-state index >= 15 is 0 Å². The van der Waals surface area contributed by atoms with Crippen molar-refractivity contribution in [3.05, 3.63) is 58.9 Å². The molecule has 0 aliphatic rings. The van der Waals surface area contributed by atoms with Crippen LogP contribution in [0.3, 0.4) is 0 Å². The first-order chi connectivity index (χ1) is 11.7. The molecule has 0 aliphatic heterocycles. The molecule has 0 saturated carbocycles. The highest BCUT2D eigenvalue weighted by Crippen LogP contribution is 2.43. The molecule has 1 heterocycles.